The van der Waals surface area contributed by atoms with Gasteiger partial charge in [0.15, 0.2) is 0 Å². The highest BCUT2D eigenvalue weighted by molar-refractivity contribution is 7.08. The number of thiophene rings is 1. The van der Waals surface area contributed by atoms with Gasteiger partial charge in [0.25, 0.3) is 0 Å². The highest BCUT2D eigenvalue weighted by Crippen LogP contribution is 2.16. The van der Waals surface area contributed by atoms with Crippen molar-refractivity contribution in [1.29, 1.82) is 0 Å². The molecule has 0 aliphatic rings. The molecule has 90 valence electrons. The Morgan fingerprint density at radius 1 is 1.59 bits per heavy atom. The van der Waals surface area contributed by atoms with Crippen LogP contribution in [-0.4, -0.2) is 33.9 Å². The second-order valence-electron chi connectivity index (χ2n) is 3.66. The molecular weight excluding hydrogens is 236 g/mol. The van der Waals surface area contributed by atoms with Crippen molar-refractivity contribution < 1.29 is 4.74 Å². The number of hydrogen-bond acceptors (Lipinski definition) is 5. The summed E-state index contributed by atoms with van der Waals surface area (Å²) in [7, 11) is 1.68. The van der Waals surface area contributed by atoms with Crippen LogP contribution in [0.3, 0.4) is 0 Å². The van der Waals surface area contributed by atoms with Gasteiger partial charge >= 0.3 is 0 Å². The van der Waals surface area contributed by atoms with Crippen LogP contribution in [0.1, 0.15) is 6.92 Å². The Hall–Kier alpha value is -1.53. The highest BCUT2D eigenvalue weighted by Gasteiger charge is 2.04. The molecule has 0 aliphatic heterocycles. The average Bonchev–Trinajstić information content (AvgIpc) is 2.97. The van der Waals surface area contributed by atoms with E-state index in [4.69, 9.17) is 4.74 Å². The van der Waals surface area contributed by atoms with Gasteiger partial charge in [-0.2, -0.15) is 16.1 Å². The van der Waals surface area contributed by atoms with Crippen LogP contribution in [0.5, 0.6) is 0 Å². The van der Waals surface area contributed by atoms with Gasteiger partial charge in [0.2, 0.25) is 5.82 Å². The first-order valence-electron chi connectivity index (χ1n) is 5.24. The summed E-state index contributed by atoms with van der Waals surface area (Å²) >= 11 is 1.62. The van der Waals surface area contributed by atoms with Crippen LogP contribution < -0.4 is 0 Å². The van der Waals surface area contributed by atoms with Crippen LogP contribution in [0, 0.1) is 0 Å². The summed E-state index contributed by atoms with van der Waals surface area (Å²) in [6, 6.07) is 1.98. The summed E-state index contributed by atoms with van der Waals surface area (Å²) < 4.78 is 5.02. The van der Waals surface area contributed by atoms with E-state index in [0.29, 0.717) is 19.0 Å². The van der Waals surface area contributed by atoms with E-state index >= 15 is 0 Å². The molecule has 0 saturated carbocycles. The molecule has 0 radical (unpaired) electrons. The summed E-state index contributed by atoms with van der Waals surface area (Å²) in [5.74, 6) is 0.670. The van der Waals surface area contributed by atoms with Crippen LogP contribution in [0.25, 0.3) is 11.4 Å². The van der Waals surface area contributed by atoms with Crippen LogP contribution in [-0.2, 0) is 11.3 Å². The van der Waals surface area contributed by atoms with E-state index in [1.807, 2.05) is 29.8 Å². The van der Waals surface area contributed by atoms with Crippen molar-refractivity contribution in [3.63, 3.8) is 0 Å². The highest BCUT2D eigenvalue weighted by atomic mass is 32.1. The third-order valence-corrected chi connectivity index (χ3v) is 2.89. The van der Waals surface area contributed by atoms with Crippen molar-refractivity contribution in [1.82, 2.24) is 20.2 Å². The lowest BCUT2D eigenvalue weighted by atomic mass is 10.3. The van der Waals surface area contributed by atoms with E-state index in [0.717, 1.165) is 11.1 Å². The predicted octanol–water partition coefficient (Wildman–Crippen LogP) is 1.99. The molecule has 2 rings (SSSR count). The summed E-state index contributed by atoms with van der Waals surface area (Å²) in [5.41, 5.74) is 2.17. The third kappa shape index (κ3) is 3.21. The van der Waals surface area contributed by atoms with Gasteiger partial charge in [0, 0.05) is 18.1 Å². The molecule has 0 amide bonds. The summed E-state index contributed by atoms with van der Waals surface area (Å²) in [5, 5.41) is 16.3. The van der Waals surface area contributed by atoms with E-state index in [-0.39, 0.29) is 0 Å². The third-order valence-electron chi connectivity index (χ3n) is 2.21. The number of nitrogens with zero attached hydrogens (tertiary/aromatic N) is 4. The van der Waals surface area contributed by atoms with Gasteiger partial charge in [0.1, 0.15) is 0 Å². The first kappa shape index (κ1) is 11.9. The minimum Gasteiger partial charge on any atom is -0.380 e. The minimum atomic E-state index is 0.617. The first-order valence-corrected chi connectivity index (χ1v) is 6.19. The molecule has 5 nitrogen and oxygen atoms in total. The predicted molar refractivity (Wildman–Crippen MR) is 66.8 cm³/mol. The Balaban J connectivity index is 2.02. The normalized spacial score (nSPS) is 12.0. The fraction of sp³-hybridized carbons (Fsp3) is 0.364. The van der Waals surface area contributed by atoms with Crippen molar-refractivity contribution >= 4 is 11.3 Å². The van der Waals surface area contributed by atoms with Gasteiger partial charge in [-0.25, -0.2) is 0 Å². The Kier molecular flexibility index (Phi) is 4.00. The minimum absolute atomic E-state index is 0.617. The molecule has 2 aromatic rings. The van der Waals surface area contributed by atoms with Gasteiger partial charge in [0.05, 0.1) is 13.2 Å². The zero-order chi connectivity index (χ0) is 12.1. The lowest BCUT2D eigenvalue weighted by Gasteiger charge is -1.98. The van der Waals surface area contributed by atoms with Gasteiger partial charge in [-0.05, 0) is 29.2 Å². The topological polar surface area (TPSA) is 52.8 Å². The fourth-order valence-electron chi connectivity index (χ4n) is 1.35. The Labute approximate surface area is 104 Å². The zero-order valence-corrected chi connectivity index (χ0v) is 10.6. The maximum atomic E-state index is 5.02. The van der Waals surface area contributed by atoms with Crippen LogP contribution >= 0.6 is 11.3 Å². The van der Waals surface area contributed by atoms with E-state index in [1.54, 1.807) is 23.2 Å². The summed E-state index contributed by atoms with van der Waals surface area (Å²) in [6.07, 6.45) is 2.03. The molecule has 0 N–H and O–H groups in total. The lowest BCUT2D eigenvalue weighted by molar-refractivity contribution is 0.225. The molecule has 17 heavy (non-hydrogen) atoms. The van der Waals surface area contributed by atoms with Gasteiger partial charge in [-0.15, -0.1) is 10.2 Å². The number of hydrogen-bond donors (Lipinski definition) is 0. The van der Waals surface area contributed by atoms with E-state index in [1.165, 1.54) is 0 Å². The fourth-order valence-corrected chi connectivity index (χ4v) is 1.99. The average molecular weight is 250 g/mol. The number of ether oxygens (including phenoxy) is 1. The SMILES string of the molecule is COCC(C)=CCn1nnc(-c2ccsc2)n1. The number of rotatable bonds is 5. The molecule has 6 heteroatoms. The zero-order valence-electron chi connectivity index (χ0n) is 9.83. The number of aromatic nitrogens is 4. The van der Waals surface area contributed by atoms with Crippen molar-refractivity contribution in [2.24, 2.45) is 0 Å². The number of methoxy groups -OCH3 is 1. The molecule has 0 fully saturated rings. The molecule has 2 heterocycles. The largest absolute Gasteiger partial charge is 0.380 e. The van der Waals surface area contributed by atoms with Crippen molar-refractivity contribution in [2.45, 2.75) is 13.5 Å². The molecule has 0 unspecified atom stereocenters. The standard InChI is InChI=1S/C11H14N4OS/c1-9(7-16-2)3-5-15-13-11(12-14-15)10-4-6-17-8-10/h3-4,6,8H,5,7H2,1-2H3. The molecule has 0 spiro atoms. The van der Waals surface area contributed by atoms with Crippen LogP contribution in [0.2, 0.25) is 0 Å². The Morgan fingerprint density at radius 3 is 3.18 bits per heavy atom. The molecule has 0 aromatic carbocycles. The molecule has 2 aromatic heterocycles. The maximum absolute atomic E-state index is 5.02. The van der Waals surface area contributed by atoms with Crippen molar-refractivity contribution in [2.75, 3.05) is 13.7 Å². The quantitative estimate of drug-likeness (QED) is 0.762. The van der Waals surface area contributed by atoms with Gasteiger partial charge < -0.3 is 4.74 Å². The number of allylic oxidation sites excluding steroid dienone is 1. The maximum Gasteiger partial charge on any atom is 0.205 e. The van der Waals surface area contributed by atoms with Crippen LogP contribution in [0.15, 0.2) is 28.5 Å². The number of tetrazole rings is 1. The second kappa shape index (κ2) is 5.70. The van der Waals surface area contributed by atoms with E-state index in [9.17, 15) is 0 Å². The molecule has 0 saturated heterocycles. The van der Waals surface area contributed by atoms with E-state index in [2.05, 4.69) is 15.4 Å². The Morgan fingerprint density at radius 2 is 2.47 bits per heavy atom. The van der Waals surface area contributed by atoms with Crippen molar-refractivity contribution in [3.8, 4) is 11.4 Å². The monoisotopic (exact) mass is 250 g/mol. The van der Waals surface area contributed by atoms with Crippen LogP contribution in [0.4, 0.5) is 0 Å². The van der Waals surface area contributed by atoms with Gasteiger partial charge in [-0.3, -0.25) is 0 Å². The first-order chi connectivity index (χ1) is 8.29. The van der Waals surface area contributed by atoms with Gasteiger partial charge in [-0.1, -0.05) is 6.08 Å². The Bertz CT molecular complexity index is 489. The molecule has 0 aliphatic carbocycles. The lowest BCUT2D eigenvalue weighted by Crippen LogP contribution is -2.02. The molecular formula is C11H14N4OS. The molecule has 0 atom stereocenters. The second-order valence-corrected chi connectivity index (χ2v) is 4.44. The summed E-state index contributed by atoms with van der Waals surface area (Å²) in [6.45, 7) is 3.26. The smallest absolute Gasteiger partial charge is 0.205 e. The van der Waals surface area contributed by atoms with E-state index < -0.39 is 0 Å². The summed E-state index contributed by atoms with van der Waals surface area (Å²) in [4.78, 5) is 1.58. The molecule has 0 bridgehead atoms. The van der Waals surface area contributed by atoms with Crippen molar-refractivity contribution in [3.05, 3.63) is 28.5 Å².